The Morgan fingerprint density at radius 3 is 1.30 bits per heavy atom. The molecular formula is C20H28N2O. The topological polar surface area (TPSA) is 61.3 Å². The number of ether oxygens (including phenoxy) is 1. The highest BCUT2D eigenvalue weighted by Gasteiger charge is 2.00. The maximum atomic E-state index is 5.90. The van der Waals surface area contributed by atoms with Crippen LogP contribution in [0.15, 0.2) is 48.5 Å². The number of hydrogen-bond donors (Lipinski definition) is 2. The molecule has 2 aromatic carbocycles. The minimum Gasteiger partial charge on any atom is -0.457 e. The molecule has 3 heteroatoms. The van der Waals surface area contributed by atoms with E-state index in [1.165, 1.54) is 11.1 Å². The smallest absolute Gasteiger partial charge is 0.127 e. The summed E-state index contributed by atoms with van der Waals surface area (Å²) in [5.74, 6) is 1.76. The van der Waals surface area contributed by atoms with Gasteiger partial charge in [-0.1, -0.05) is 24.3 Å². The molecular weight excluding hydrogens is 284 g/mol. The summed E-state index contributed by atoms with van der Waals surface area (Å²) in [6.45, 7) is 1.53. The molecule has 4 N–H and O–H groups in total. The van der Waals surface area contributed by atoms with Crippen LogP contribution in [0.3, 0.4) is 0 Å². The molecule has 0 aliphatic rings. The molecule has 0 bridgehead atoms. The van der Waals surface area contributed by atoms with Crippen LogP contribution < -0.4 is 16.2 Å². The second kappa shape index (κ2) is 10.0. The molecule has 3 nitrogen and oxygen atoms in total. The molecule has 0 saturated heterocycles. The van der Waals surface area contributed by atoms with Gasteiger partial charge in [-0.25, -0.2) is 0 Å². The van der Waals surface area contributed by atoms with Crippen molar-refractivity contribution in [2.45, 2.75) is 38.5 Å². The highest BCUT2D eigenvalue weighted by Crippen LogP contribution is 2.23. The summed E-state index contributed by atoms with van der Waals surface area (Å²) in [6.07, 6.45) is 6.60. The van der Waals surface area contributed by atoms with E-state index in [1.807, 2.05) is 24.3 Å². The van der Waals surface area contributed by atoms with Crippen LogP contribution in [0, 0.1) is 0 Å². The van der Waals surface area contributed by atoms with Gasteiger partial charge in [0, 0.05) is 0 Å². The number of aryl methyl sites for hydroxylation is 2. The van der Waals surface area contributed by atoms with Gasteiger partial charge in [-0.2, -0.15) is 0 Å². The second-order valence-electron chi connectivity index (χ2n) is 5.88. The Labute approximate surface area is 139 Å². The van der Waals surface area contributed by atoms with E-state index < -0.39 is 0 Å². The van der Waals surface area contributed by atoms with Crippen LogP contribution in [-0.4, -0.2) is 13.1 Å². The van der Waals surface area contributed by atoms with Crippen LogP contribution >= 0.6 is 0 Å². The molecule has 0 amide bonds. The Balaban J connectivity index is 1.84. The largest absolute Gasteiger partial charge is 0.457 e. The lowest BCUT2D eigenvalue weighted by atomic mass is 10.1. The Morgan fingerprint density at radius 2 is 0.957 bits per heavy atom. The fourth-order valence-electron chi connectivity index (χ4n) is 2.53. The number of benzene rings is 2. The van der Waals surface area contributed by atoms with Gasteiger partial charge in [0.15, 0.2) is 0 Å². The molecule has 0 spiro atoms. The van der Waals surface area contributed by atoms with E-state index in [2.05, 4.69) is 24.3 Å². The zero-order valence-electron chi connectivity index (χ0n) is 13.8. The summed E-state index contributed by atoms with van der Waals surface area (Å²) in [7, 11) is 0. The van der Waals surface area contributed by atoms with Crippen LogP contribution in [0.25, 0.3) is 0 Å². The van der Waals surface area contributed by atoms with Gasteiger partial charge >= 0.3 is 0 Å². The summed E-state index contributed by atoms with van der Waals surface area (Å²) < 4.78 is 5.90. The summed E-state index contributed by atoms with van der Waals surface area (Å²) in [5.41, 5.74) is 13.7. The van der Waals surface area contributed by atoms with Crippen molar-refractivity contribution < 1.29 is 4.74 Å². The van der Waals surface area contributed by atoms with Crippen molar-refractivity contribution >= 4 is 0 Å². The van der Waals surface area contributed by atoms with Crippen LogP contribution in [0.5, 0.6) is 11.5 Å². The molecule has 0 aromatic heterocycles. The van der Waals surface area contributed by atoms with Crippen LogP contribution in [0.4, 0.5) is 0 Å². The van der Waals surface area contributed by atoms with Crippen LogP contribution in [-0.2, 0) is 12.8 Å². The molecule has 0 atom stereocenters. The highest BCUT2D eigenvalue weighted by atomic mass is 16.5. The van der Waals surface area contributed by atoms with Crippen molar-refractivity contribution in [3.05, 3.63) is 59.7 Å². The number of unbranched alkanes of at least 4 members (excludes halogenated alkanes) is 2. The Morgan fingerprint density at radius 1 is 0.565 bits per heavy atom. The van der Waals surface area contributed by atoms with Gasteiger partial charge in [0.25, 0.3) is 0 Å². The maximum absolute atomic E-state index is 5.90. The number of hydrogen-bond acceptors (Lipinski definition) is 3. The van der Waals surface area contributed by atoms with Crippen LogP contribution in [0.2, 0.25) is 0 Å². The first-order chi connectivity index (χ1) is 11.3. The predicted molar refractivity (Wildman–Crippen MR) is 96.9 cm³/mol. The molecule has 0 radical (unpaired) electrons. The van der Waals surface area contributed by atoms with E-state index in [9.17, 15) is 0 Å². The number of nitrogens with two attached hydrogens (primary N) is 2. The minimum absolute atomic E-state index is 0.767. The fourth-order valence-corrected chi connectivity index (χ4v) is 2.53. The first-order valence-electron chi connectivity index (χ1n) is 8.57. The Kier molecular flexibility index (Phi) is 7.64. The molecule has 0 aliphatic carbocycles. The lowest BCUT2D eigenvalue weighted by Gasteiger charge is -2.08. The van der Waals surface area contributed by atoms with E-state index >= 15 is 0 Å². The number of rotatable bonds is 10. The average molecular weight is 312 g/mol. The van der Waals surface area contributed by atoms with Crippen molar-refractivity contribution in [2.24, 2.45) is 11.5 Å². The standard InChI is InChI=1S/C20H28N2O/c21-15-3-1-5-17-7-11-19(12-8-17)23-20-13-9-18(10-14-20)6-2-4-16-22/h7-14H,1-6,15-16,21-22H2. The van der Waals surface area contributed by atoms with Crippen molar-refractivity contribution in [3.8, 4) is 11.5 Å². The maximum Gasteiger partial charge on any atom is 0.127 e. The average Bonchev–Trinajstić information content (AvgIpc) is 2.58. The van der Waals surface area contributed by atoms with Gasteiger partial charge in [0.2, 0.25) is 0 Å². The molecule has 2 aromatic rings. The molecule has 0 fully saturated rings. The van der Waals surface area contributed by atoms with E-state index in [4.69, 9.17) is 16.2 Å². The normalized spacial score (nSPS) is 10.7. The molecule has 0 heterocycles. The third-order valence-corrected chi connectivity index (χ3v) is 3.92. The van der Waals surface area contributed by atoms with Gasteiger partial charge in [-0.15, -0.1) is 0 Å². The van der Waals surface area contributed by atoms with Crippen molar-refractivity contribution in [1.82, 2.24) is 0 Å². The fraction of sp³-hybridized carbons (Fsp3) is 0.400. The lowest BCUT2D eigenvalue weighted by molar-refractivity contribution is 0.482. The molecule has 0 saturated carbocycles. The Bertz CT molecular complexity index is 497. The van der Waals surface area contributed by atoms with Gasteiger partial charge in [-0.05, 0) is 87.0 Å². The van der Waals surface area contributed by atoms with Crippen LogP contribution in [0.1, 0.15) is 36.8 Å². The van der Waals surface area contributed by atoms with Gasteiger partial charge in [0.1, 0.15) is 11.5 Å². The zero-order valence-corrected chi connectivity index (χ0v) is 13.8. The molecule has 0 aliphatic heterocycles. The first kappa shape index (κ1) is 17.5. The van der Waals surface area contributed by atoms with E-state index in [0.29, 0.717) is 0 Å². The van der Waals surface area contributed by atoms with Crippen molar-refractivity contribution in [2.75, 3.05) is 13.1 Å². The minimum atomic E-state index is 0.767. The predicted octanol–water partition coefficient (Wildman–Crippen LogP) is 4.04. The molecule has 23 heavy (non-hydrogen) atoms. The summed E-state index contributed by atoms with van der Waals surface area (Å²) in [4.78, 5) is 0. The molecule has 0 unspecified atom stereocenters. The molecule has 124 valence electrons. The quantitative estimate of drug-likeness (QED) is 0.651. The van der Waals surface area contributed by atoms with Gasteiger partial charge < -0.3 is 16.2 Å². The van der Waals surface area contributed by atoms with E-state index in [1.54, 1.807) is 0 Å². The summed E-state index contributed by atoms with van der Waals surface area (Å²) >= 11 is 0. The summed E-state index contributed by atoms with van der Waals surface area (Å²) in [5, 5.41) is 0. The van der Waals surface area contributed by atoms with Crippen molar-refractivity contribution in [1.29, 1.82) is 0 Å². The molecule has 2 rings (SSSR count). The highest BCUT2D eigenvalue weighted by molar-refractivity contribution is 5.34. The van der Waals surface area contributed by atoms with Crippen molar-refractivity contribution in [3.63, 3.8) is 0 Å². The summed E-state index contributed by atoms with van der Waals surface area (Å²) in [6, 6.07) is 16.7. The first-order valence-corrected chi connectivity index (χ1v) is 8.57. The monoisotopic (exact) mass is 312 g/mol. The third kappa shape index (κ3) is 6.43. The Hall–Kier alpha value is -1.84. The van der Waals surface area contributed by atoms with E-state index in [-0.39, 0.29) is 0 Å². The zero-order chi connectivity index (χ0) is 16.3. The van der Waals surface area contributed by atoms with E-state index in [0.717, 1.165) is 63.1 Å². The SMILES string of the molecule is NCCCCc1ccc(Oc2ccc(CCCCN)cc2)cc1. The van der Waals surface area contributed by atoms with Gasteiger partial charge in [-0.3, -0.25) is 0 Å². The third-order valence-electron chi connectivity index (χ3n) is 3.92. The second-order valence-corrected chi connectivity index (χ2v) is 5.88. The lowest BCUT2D eigenvalue weighted by Crippen LogP contribution is -1.99. The van der Waals surface area contributed by atoms with Gasteiger partial charge in [0.05, 0.1) is 0 Å².